The first-order valence-electron chi connectivity index (χ1n) is 6.12. The minimum absolute atomic E-state index is 0.522. The lowest BCUT2D eigenvalue weighted by Gasteiger charge is -2.15. The number of hydrogen-bond acceptors (Lipinski definition) is 4. The van der Waals surface area contributed by atoms with Crippen LogP contribution in [0.2, 0.25) is 0 Å². The Morgan fingerprint density at radius 2 is 1.95 bits per heavy atom. The second-order valence-electron chi connectivity index (χ2n) is 4.65. The molecule has 0 amide bonds. The maximum absolute atomic E-state index is 6.02. The molecule has 4 nitrogen and oxygen atoms in total. The molecule has 0 spiro atoms. The highest BCUT2D eigenvalue weighted by Crippen LogP contribution is 2.31. The smallest absolute Gasteiger partial charge is 0.140 e. The zero-order chi connectivity index (χ0) is 14.0. The summed E-state index contributed by atoms with van der Waals surface area (Å²) < 4.78 is 5.31. The van der Waals surface area contributed by atoms with Crippen molar-refractivity contribution in [1.29, 1.82) is 0 Å². The lowest BCUT2D eigenvalue weighted by molar-refractivity contribution is 0.409. The number of aromatic nitrogens is 1. The summed E-state index contributed by atoms with van der Waals surface area (Å²) in [4.78, 5) is 6.39. The normalized spacial score (nSPS) is 10.3. The molecule has 100 valence electrons. The Morgan fingerprint density at radius 1 is 1.21 bits per heavy atom. The van der Waals surface area contributed by atoms with E-state index in [-0.39, 0.29) is 0 Å². The SMILES string of the molecule is COc1cc(-c2cccc(N(C)C)c2)c(N)nc1C. The molecule has 0 atom stereocenters. The summed E-state index contributed by atoms with van der Waals surface area (Å²) >= 11 is 0. The van der Waals surface area contributed by atoms with E-state index in [1.54, 1.807) is 7.11 Å². The molecule has 0 fully saturated rings. The predicted octanol–water partition coefficient (Wildman–Crippen LogP) is 2.71. The van der Waals surface area contributed by atoms with Crippen molar-refractivity contribution in [2.24, 2.45) is 0 Å². The highest BCUT2D eigenvalue weighted by Gasteiger charge is 2.10. The zero-order valence-electron chi connectivity index (χ0n) is 11.8. The first-order valence-corrected chi connectivity index (χ1v) is 6.12. The fraction of sp³-hybridized carbons (Fsp3) is 0.267. The number of ether oxygens (including phenoxy) is 1. The number of rotatable bonds is 3. The summed E-state index contributed by atoms with van der Waals surface area (Å²) in [5.41, 5.74) is 9.87. The van der Waals surface area contributed by atoms with Gasteiger partial charge in [-0.05, 0) is 30.7 Å². The van der Waals surface area contributed by atoms with E-state index in [0.29, 0.717) is 5.82 Å². The summed E-state index contributed by atoms with van der Waals surface area (Å²) in [5.74, 6) is 1.27. The van der Waals surface area contributed by atoms with Gasteiger partial charge in [-0.2, -0.15) is 0 Å². The Kier molecular flexibility index (Phi) is 3.60. The number of nitrogen functional groups attached to an aromatic ring is 1. The van der Waals surface area contributed by atoms with Gasteiger partial charge in [0.25, 0.3) is 0 Å². The van der Waals surface area contributed by atoms with Crippen LogP contribution in [0, 0.1) is 6.92 Å². The first kappa shape index (κ1) is 13.2. The second-order valence-corrected chi connectivity index (χ2v) is 4.65. The maximum atomic E-state index is 6.02. The molecule has 2 N–H and O–H groups in total. The van der Waals surface area contributed by atoms with Gasteiger partial charge in [-0.15, -0.1) is 0 Å². The van der Waals surface area contributed by atoms with Crippen molar-refractivity contribution >= 4 is 11.5 Å². The van der Waals surface area contributed by atoms with Gasteiger partial charge in [0.15, 0.2) is 0 Å². The maximum Gasteiger partial charge on any atom is 0.140 e. The number of aryl methyl sites for hydroxylation is 1. The largest absolute Gasteiger partial charge is 0.495 e. The van der Waals surface area contributed by atoms with Gasteiger partial charge >= 0.3 is 0 Å². The van der Waals surface area contributed by atoms with Crippen molar-refractivity contribution in [3.05, 3.63) is 36.0 Å². The van der Waals surface area contributed by atoms with Crippen molar-refractivity contribution in [3.63, 3.8) is 0 Å². The third kappa shape index (κ3) is 2.62. The van der Waals surface area contributed by atoms with Crippen LogP contribution in [-0.2, 0) is 0 Å². The van der Waals surface area contributed by atoms with Crippen molar-refractivity contribution in [2.75, 3.05) is 31.8 Å². The lowest BCUT2D eigenvalue weighted by atomic mass is 10.0. The Hall–Kier alpha value is -2.23. The number of benzene rings is 1. The van der Waals surface area contributed by atoms with E-state index in [9.17, 15) is 0 Å². The highest BCUT2D eigenvalue weighted by molar-refractivity contribution is 5.77. The van der Waals surface area contributed by atoms with Gasteiger partial charge in [0.05, 0.1) is 12.8 Å². The summed E-state index contributed by atoms with van der Waals surface area (Å²) in [7, 11) is 5.66. The number of nitrogens with two attached hydrogens (primary N) is 1. The summed E-state index contributed by atoms with van der Waals surface area (Å²) in [6.45, 7) is 1.88. The molecule has 0 saturated carbocycles. The second kappa shape index (κ2) is 5.18. The summed E-state index contributed by atoms with van der Waals surface area (Å²) in [5, 5.41) is 0. The van der Waals surface area contributed by atoms with Crippen LogP contribution in [0.5, 0.6) is 5.75 Å². The molecule has 0 radical (unpaired) electrons. The van der Waals surface area contributed by atoms with E-state index >= 15 is 0 Å². The van der Waals surface area contributed by atoms with Crippen LogP contribution in [0.1, 0.15) is 5.69 Å². The number of methoxy groups -OCH3 is 1. The Bertz CT molecular complexity index is 594. The molecular weight excluding hydrogens is 238 g/mol. The van der Waals surface area contributed by atoms with Gasteiger partial charge in [-0.25, -0.2) is 4.98 Å². The minimum atomic E-state index is 0.522. The lowest BCUT2D eigenvalue weighted by Crippen LogP contribution is -2.08. The van der Waals surface area contributed by atoms with Crippen LogP contribution >= 0.6 is 0 Å². The van der Waals surface area contributed by atoms with E-state index in [1.807, 2.05) is 39.2 Å². The molecule has 0 aliphatic carbocycles. The number of hydrogen-bond donors (Lipinski definition) is 1. The number of anilines is 2. The quantitative estimate of drug-likeness (QED) is 0.918. The number of pyridine rings is 1. The highest BCUT2D eigenvalue weighted by atomic mass is 16.5. The van der Waals surface area contributed by atoms with E-state index in [0.717, 1.165) is 28.3 Å². The van der Waals surface area contributed by atoms with Gasteiger partial charge in [0.2, 0.25) is 0 Å². The van der Waals surface area contributed by atoms with Crippen LogP contribution in [0.4, 0.5) is 11.5 Å². The molecule has 1 aromatic carbocycles. The van der Waals surface area contributed by atoms with Crippen LogP contribution < -0.4 is 15.4 Å². The minimum Gasteiger partial charge on any atom is -0.495 e. The molecule has 2 rings (SSSR count). The Labute approximate surface area is 113 Å². The van der Waals surface area contributed by atoms with Crippen molar-refractivity contribution in [2.45, 2.75) is 6.92 Å². The van der Waals surface area contributed by atoms with Crippen LogP contribution in [0.15, 0.2) is 30.3 Å². The summed E-state index contributed by atoms with van der Waals surface area (Å²) in [6, 6.07) is 10.1. The molecule has 0 saturated heterocycles. The van der Waals surface area contributed by atoms with Gasteiger partial charge < -0.3 is 15.4 Å². The van der Waals surface area contributed by atoms with E-state index in [2.05, 4.69) is 22.0 Å². The van der Waals surface area contributed by atoms with Gasteiger partial charge in [-0.1, -0.05) is 12.1 Å². The molecule has 19 heavy (non-hydrogen) atoms. The average molecular weight is 257 g/mol. The molecule has 0 unspecified atom stereocenters. The van der Waals surface area contributed by atoms with E-state index in [4.69, 9.17) is 10.5 Å². The topological polar surface area (TPSA) is 51.4 Å². The van der Waals surface area contributed by atoms with E-state index in [1.165, 1.54) is 0 Å². The Balaban J connectivity index is 2.55. The van der Waals surface area contributed by atoms with Crippen molar-refractivity contribution in [3.8, 4) is 16.9 Å². The molecule has 4 heteroatoms. The fourth-order valence-corrected chi connectivity index (χ4v) is 1.99. The predicted molar refractivity (Wildman–Crippen MR) is 79.7 cm³/mol. The molecule has 2 aromatic rings. The van der Waals surface area contributed by atoms with Crippen LogP contribution in [0.3, 0.4) is 0 Å². The van der Waals surface area contributed by atoms with Gasteiger partial charge in [0.1, 0.15) is 11.6 Å². The Morgan fingerprint density at radius 3 is 2.58 bits per heavy atom. The van der Waals surface area contributed by atoms with Crippen molar-refractivity contribution in [1.82, 2.24) is 4.98 Å². The third-order valence-electron chi connectivity index (χ3n) is 3.09. The molecule has 0 aliphatic rings. The molecule has 0 aliphatic heterocycles. The molecule has 0 bridgehead atoms. The van der Waals surface area contributed by atoms with Gasteiger partial charge in [-0.3, -0.25) is 0 Å². The van der Waals surface area contributed by atoms with E-state index < -0.39 is 0 Å². The van der Waals surface area contributed by atoms with Crippen LogP contribution in [0.25, 0.3) is 11.1 Å². The van der Waals surface area contributed by atoms with Crippen molar-refractivity contribution < 1.29 is 4.74 Å². The first-order chi connectivity index (χ1) is 9.02. The average Bonchev–Trinajstić information content (AvgIpc) is 2.39. The monoisotopic (exact) mass is 257 g/mol. The molecular formula is C15H19N3O. The van der Waals surface area contributed by atoms with Crippen LogP contribution in [-0.4, -0.2) is 26.2 Å². The standard InChI is InChI=1S/C15H19N3O/c1-10-14(19-4)9-13(15(16)17-10)11-6-5-7-12(8-11)18(2)3/h5-9H,1-4H3,(H2,16,17). The molecule has 1 heterocycles. The third-order valence-corrected chi connectivity index (χ3v) is 3.09. The fourth-order valence-electron chi connectivity index (χ4n) is 1.99. The van der Waals surface area contributed by atoms with Gasteiger partial charge in [0, 0.05) is 25.3 Å². The number of nitrogens with zero attached hydrogens (tertiary/aromatic N) is 2. The molecule has 1 aromatic heterocycles. The summed E-state index contributed by atoms with van der Waals surface area (Å²) in [6.07, 6.45) is 0. The zero-order valence-corrected chi connectivity index (χ0v) is 11.8.